The van der Waals surface area contributed by atoms with Crippen LogP contribution in [0.25, 0.3) is 0 Å². The molecule has 0 heterocycles. The predicted molar refractivity (Wildman–Crippen MR) is 315 cm³/mol. The smallest absolute Gasteiger partial charge is 0.305 e. The van der Waals surface area contributed by atoms with Crippen LogP contribution < -0.4 is 5.32 Å². The number of hydrogen-bond donors (Lipinski definition) is 3. The highest BCUT2D eigenvalue weighted by atomic mass is 16.5. The summed E-state index contributed by atoms with van der Waals surface area (Å²) in [6.45, 7) is 4.86. The number of aliphatic hydroxyl groups is 2. The largest absolute Gasteiger partial charge is 0.466 e. The summed E-state index contributed by atoms with van der Waals surface area (Å²) in [5.74, 6) is -0.0608. The summed E-state index contributed by atoms with van der Waals surface area (Å²) >= 11 is 0. The Morgan fingerprint density at radius 2 is 0.694 bits per heavy atom. The van der Waals surface area contributed by atoms with Crippen LogP contribution in [-0.2, 0) is 14.3 Å². The van der Waals surface area contributed by atoms with Crippen molar-refractivity contribution in [3.05, 3.63) is 48.6 Å². The zero-order valence-electron chi connectivity index (χ0n) is 48.2. The fourth-order valence-corrected chi connectivity index (χ4v) is 9.66. The minimum Gasteiger partial charge on any atom is -0.466 e. The highest BCUT2D eigenvalue weighted by molar-refractivity contribution is 5.76. The molecule has 3 N–H and O–H groups in total. The number of aliphatic hydroxyl groups excluding tert-OH is 2. The topological polar surface area (TPSA) is 95.9 Å². The van der Waals surface area contributed by atoms with E-state index in [0.717, 1.165) is 51.4 Å². The number of carbonyl (C=O) groups excluding carboxylic acids is 2. The van der Waals surface area contributed by atoms with Gasteiger partial charge in [-0.25, -0.2) is 0 Å². The minimum atomic E-state index is -0.843. The molecule has 2 atom stereocenters. The molecule has 0 aromatic heterocycles. The van der Waals surface area contributed by atoms with E-state index in [1.165, 1.54) is 257 Å². The maximum absolute atomic E-state index is 12.4. The summed E-state index contributed by atoms with van der Waals surface area (Å²) in [5.41, 5.74) is 0. The van der Waals surface area contributed by atoms with Gasteiger partial charge in [0.25, 0.3) is 0 Å². The lowest BCUT2D eigenvalue weighted by molar-refractivity contribution is -0.143. The molecule has 422 valence electrons. The van der Waals surface area contributed by atoms with Gasteiger partial charge in [-0.3, -0.25) is 9.59 Å². The third-order valence-electron chi connectivity index (χ3n) is 14.6. The van der Waals surface area contributed by atoms with E-state index in [1.807, 2.05) is 6.08 Å². The molecule has 0 rings (SSSR count). The first kappa shape index (κ1) is 69.8. The molecule has 0 saturated heterocycles. The average Bonchev–Trinajstić information content (AvgIpc) is 3.38. The number of ether oxygens (including phenoxy) is 1. The molecule has 0 aromatic rings. The Bertz CT molecular complexity index is 1210. The van der Waals surface area contributed by atoms with Gasteiger partial charge in [-0.05, 0) is 89.9 Å². The molecule has 1 amide bonds. The van der Waals surface area contributed by atoms with Crippen molar-refractivity contribution < 1.29 is 24.5 Å². The summed E-state index contributed by atoms with van der Waals surface area (Å²) < 4.78 is 5.50. The second-order valence-electron chi connectivity index (χ2n) is 21.7. The van der Waals surface area contributed by atoms with Crippen molar-refractivity contribution in [2.75, 3.05) is 13.2 Å². The second-order valence-corrected chi connectivity index (χ2v) is 21.7. The van der Waals surface area contributed by atoms with Crippen molar-refractivity contribution in [2.45, 2.75) is 347 Å². The molecular weight excluding hydrogens is 887 g/mol. The zero-order chi connectivity index (χ0) is 52.2. The number of unbranched alkanes of at least 4 members (excludes halogenated alkanes) is 42. The molecule has 72 heavy (non-hydrogen) atoms. The molecule has 0 radical (unpaired) electrons. The summed E-state index contributed by atoms with van der Waals surface area (Å²) in [5, 5.41) is 22.9. The first-order chi connectivity index (χ1) is 35.5. The number of esters is 1. The van der Waals surface area contributed by atoms with Crippen molar-refractivity contribution >= 4 is 11.9 Å². The molecule has 0 saturated carbocycles. The van der Waals surface area contributed by atoms with E-state index < -0.39 is 12.1 Å². The van der Waals surface area contributed by atoms with E-state index in [2.05, 4.69) is 55.6 Å². The molecule has 6 heteroatoms. The van der Waals surface area contributed by atoms with Crippen molar-refractivity contribution in [1.82, 2.24) is 5.32 Å². The lowest BCUT2D eigenvalue weighted by atomic mass is 10.0. The van der Waals surface area contributed by atoms with Crippen LogP contribution >= 0.6 is 0 Å². The van der Waals surface area contributed by atoms with Crippen LogP contribution in [0, 0.1) is 0 Å². The van der Waals surface area contributed by atoms with E-state index >= 15 is 0 Å². The Labute approximate surface area is 448 Å². The molecule has 0 aliphatic heterocycles. The monoisotopic (exact) mass is 1010 g/mol. The summed E-state index contributed by atoms with van der Waals surface area (Å²) in [6.07, 6.45) is 78.9. The average molecular weight is 1010 g/mol. The van der Waals surface area contributed by atoms with Crippen LogP contribution in [0.2, 0.25) is 0 Å². The van der Waals surface area contributed by atoms with Gasteiger partial charge in [0.1, 0.15) is 0 Å². The Morgan fingerprint density at radius 3 is 1.10 bits per heavy atom. The van der Waals surface area contributed by atoms with Gasteiger partial charge in [0, 0.05) is 12.8 Å². The Hall–Kier alpha value is -2.18. The predicted octanol–water partition coefficient (Wildman–Crippen LogP) is 20.1. The highest BCUT2D eigenvalue weighted by Crippen LogP contribution is 2.17. The molecule has 0 bridgehead atoms. The highest BCUT2D eigenvalue weighted by Gasteiger charge is 2.18. The minimum absolute atomic E-state index is 0.0106. The molecule has 0 aromatic carbocycles. The fourth-order valence-electron chi connectivity index (χ4n) is 9.66. The van der Waals surface area contributed by atoms with E-state index in [4.69, 9.17) is 4.74 Å². The summed E-state index contributed by atoms with van der Waals surface area (Å²) in [6, 6.07) is -0.627. The maximum atomic E-state index is 12.4. The Kier molecular flexibility index (Phi) is 59.5. The van der Waals surface area contributed by atoms with Crippen LogP contribution in [0.3, 0.4) is 0 Å². The molecule has 6 nitrogen and oxygen atoms in total. The molecule has 0 fully saturated rings. The van der Waals surface area contributed by atoms with Crippen LogP contribution in [0.4, 0.5) is 0 Å². The standard InChI is InChI=1S/C66H123NO5/c1-3-5-7-9-11-13-14-15-16-17-27-31-34-37-40-44-48-52-56-60-66(71)72-61-57-53-49-45-41-38-35-32-29-26-24-22-20-18-19-21-23-25-28-30-33-36-39-43-47-51-55-59-65(70)67-63(62-68)64(69)58-54-50-46-42-12-10-8-6-4-2/h11,13,15-16,18-19,54,58,63-64,68-69H,3-10,12,14,17,20-53,55-57,59-62H2,1-2H3,(H,67,70)/b13-11-,16-15-,19-18-,58-54+. The second kappa shape index (κ2) is 61.4. The lowest BCUT2D eigenvalue weighted by Crippen LogP contribution is -2.45. The quantitative estimate of drug-likeness (QED) is 0.0320. The Morgan fingerprint density at radius 1 is 0.389 bits per heavy atom. The van der Waals surface area contributed by atoms with Gasteiger partial charge in [0.2, 0.25) is 5.91 Å². The van der Waals surface area contributed by atoms with E-state index in [-0.39, 0.29) is 18.5 Å². The van der Waals surface area contributed by atoms with E-state index in [0.29, 0.717) is 19.4 Å². The summed E-state index contributed by atoms with van der Waals surface area (Å²) in [4.78, 5) is 24.5. The summed E-state index contributed by atoms with van der Waals surface area (Å²) in [7, 11) is 0. The van der Waals surface area contributed by atoms with Gasteiger partial charge in [-0.1, -0.05) is 281 Å². The number of carbonyl (C=O) groups is 2. The first-order valence-electron chi connectivity index (χ1n) is 31.9. The fraction of sp³-hybridized carbons (Fsp3) is 0.848. The van der Waals surface area contributed by atoms with Crippen molar-refractivity contribution in [3.8, 4) is 0 Å². The molecule has 0 aliphatic carbocycles. The van der Waals surface area contributed by atoms with Gasteiger partial charge in [-0.15, -0.1) is 0 Å². The number of amides is 1. The zero-order valence-corrected chi connectivity index (χ0v) is 48.2. The van der Waals surface area contributed by atoms with Crippen molar-refractivity contribution in [2.24, 2.45) is 0 Å². The van der Waals surface area contributed by atoms with Gasteiger partial charge in [0.05, 0.1) is 25.4 Å². The van der Waals surface area contributed by atoms with Crippen molar-refractivity contribution in [3.63, 3.8) is 0 Å². The van der Waals surface area contributed by atoms with Crippen LogP contribution in [0.15, 0.2) is 48.6 Å². The molecular formula is C66H123NO5. The van der Waals surface area contributed by atoms with Crippen LogP contribution in [0.1, 0.15) is 335 Å². The lowest BCUT2D eigenvalue weighted by Gasteiger charge is -2.20. The number of hydrogen-bond acceptors (Lipinski definition) is 5. The van der Waals surface area contributed by atoms with Gasteiger partial charge < -0.3 is 20.3 Å². The Balaban J connectivity index is 3.36. The third kappa shape index (κ3) is 57.1. The molecule has 2 unspecified atom stereocenters. The van der Waals surface area contributed by atoms with E-state index in [1.54, 1.807) is 6.08 Å². The first-order valence-corrected chi connectivity index (χ1v) is 31.9. The number of allylic oxidation sites excluding steroid dienone is 7. The normalized spacial score (nSPS) is 12.9. The SMILES string of the molecule is CCCCC/C=C\C/C=C\CCCCCCCCCCCC(=O)OCCCCCCCCCCCCCC/C=C\CCCCCCCCCCCCCC(=O)NC(CO)C(O)/C=C/CCCCCCCCC. The van der Waals surface area contributed by atoms with E-state index in [9.17, 15) is 19.8 Å². The van der Waals surface area contributed by atoms with Gasteiger partial charge in [0.15, 0.2) is 0 Å². The molecule has 0 spiro atoms. The van der Waals surface area contributed by atoms with Gasteiger partial charge >= 0.3 is 5.97 Å². The van der Waals surface area contributed by atoms with Gasteiger partial charge in [-0.2, -0.15) is 0 Å². The molecule has 0 aliphatic rings. The third-order valence-corrected chi connectivity index (χ3v) is 14.6. The number of nitrogens with one attached hydrogen (secondary N) is 1. The van der Waals surface area contributed by atoms with Crippen LogP contribution in [-0.4, -0.2) is 47.4 Å². The van der Waals surface area contributed by atoms with Crippen molar-refractivity contribution in [1.29, 1.82) is 0 Å². The maximum Gasteiger partial charge on any atom is 0.305 e. The van der Waals surface area contributed by atoms with Crippen LogP contribution in [0.5, 0.6) is 0 Å². The number of rotatable bonds is 59.